The largest absolute Gasteiger partial charge is 0.444 e. The minimum absolute atomic E-state index is 0.120. The van der Waals surface area contributed by atoms with E-state index in [1.807, 2.05) is 32.9 Å². The van der Waals surface area contributed by atoms with E-state index in [1.54, 1.807) is 11.0 Å². The second-order valence-corrected chi connectivity index (χ2v) is 8.15. The zero-order chi connectivity index (χ0) is 18.6. The third-order valence-corrected chi connectivity index (χ3v) is 4.58. The van der Waals surface area contributed by atoms with Gasteiger partial charge in [-0.05, 0) is 51.8 Å². The Morgan fingerprint density at radius 3 is 2.64 bits per heavy atom. The Hall–Kier alpha value is -1.23. The SMILES string of the molecule is CC(NCC1=CCN(C(=O)OC(C)(C)C)CC1)c1ccc(Cl)cc1Cl. The highest BCUT2D eigenvalue weighted by atomic mass is 35.5. The summed E-state index contributed by atoms with van der Waals surface area (Å²) >= 11 is 12.2. The molecule has 6 heteroatoms. The van der Waals surface area contributed by atoms with Crippen molar-refractivity contribution in [2.75, 3.05) is 19.6 Å². The van der Waals surface area contributed by atoms with Crippen LogP contribution in [-0.4, -0.2) is 36.2 Å². The van der Waals surface area contributed by atoms with Crippen LogP contribution in [0.5, 0.6) is 0 Å². The van der Waals surface area contributed by atoms with Gasteiger partial charge in [-0.25, -0.2) is 4.79 Å². The number of ether oxygens (including phenoxy) is 1. The smallest absolute Gasteiger partial charge is 0.410 e. The summed E-state index contributed by atoms with van der Waals surface area (Å²) in [5.41, 5.74) is 1.85. The van der Waals surface area contributed by atoms with Crippen molar-refractivity contribution in [2.24, 2.45) is 0 Å². The topological polar surface area (TPSA) is 41.6 Å². The molecule has 1 aliphatic rings. The van der Waals surface area contributed by atoms with Crippen molar-refractivity contribution in [1.82, 2.24) is 10.2 Å². The number of halogens is 2. The van der Waals surface area contributed by atoms with E-state index >= 15 is 0 Å². The van der Waals surface area contributed by atoms with Crippen LogP contribution in [0.1, 0.15) is 45.7 Å². The molecule has 1 N–H and O–H groups in total. The lowest BCUT2D eigenvalue weighted by Gasteiger charge is -2.30. The van der Waals surface area contributed by atoms with Gasteiger partial charge in [-0.3, -0.25) is 0 Å². The van der Waals surface area contributed by atoms with Crippen LogP contribution in [0.3, 0.4) is 0 Å². The first-order valence-electron chi connectivity index (χ1n) is 8.50. The summed E-state index contributed by atoms with van der Waals surface area (Å²) in [6.45, 7) is 9.74. The van der Waals surface area contributed by atoms with Crippen LogP contribution in [-0.2, 0) is 4.74 Å². The van der Waals surface area contributed by atoms with Crippen LogP contribution < -0.4 is 5.32 Å². The maximum Gasteiger partial charge on any atom is 0.410 e. The van der Waals surface area contributed by atoms with Crippen molar-refractivity contribution in [3.8, 4) is 0 Å². The lowest BCUT2D eigenvalue weighted by atomic mass is 10.1. The summed E-state index contributed by atoms with van der Waals surface area (Å²) in [6.07, 6.45) is 2.68. The number of carbonyl (C=O) groups is 1. The van der Waals surface area contributed by atoms with Gasteiger partial charge in [-0.2, -0.15) is 0 Å². The second-order valence-electron chi connectivity index (χ2n) is 7.31. The number of nitrogens with one attached hydrogen (secondary N) is 1. The standard InChI is InChI=1S/C19H26Cl2N2O2/c1-13(16-6-5-15(20)11-17(16)21)22-12-14-7-9-23(10-8-14)18(24)25-19(2,3)4/h5-7,11,13,22H,8-10,12H2,1-4H3. The third-order valence-electron chi connectivity index (χ3n) is 4.02. The number of carbonyl (C=O) groups excluding carboxylic acids is 1. The number of benzene rings is 1. The molecule has 2 rings (SSSR count). The van der Waals surface area contributed by atoms with Gasteiger partial charge >= 0.3 is 6.09 Å². The van der Waals surface area contributed by atoms with Gasteiger partial charge in [0.15, 0.2) is 0 Å². The van der Waals surface area contributed by atoms with E-state index in [-0.39, 0.29) is 12.1 Å². The first-order chi connectivity index (χ1) is 11.7. The Labute approximate surface area is 160 Å². The molecule has 1 atom stereocenters. The molecular formula is C19H26Cl2N2O2. The van der Waals surface area contributed by atoms with Gasteiger partial charge in [0.1, 0.15) is 5.60 Å². The molecule has 0 aromatic heterocycles. The average Bonchev–Trinajstić information content (AvgIpc) is 2.51. The molecule has 4 nitrogen and oxygen atoms in total. The molecule has 0 radical (unpaired) electrons. The molecule has 0 saturated heterocycles. The van der Waals surface area contributed by atoms with E-state index in [9.17, 15) is 4.79 Å². The van der Waals surface area contributed by atoms with Gasteiger partial charge in [0, 0.05) is 35.7 Å². The van der Waals surface area contributed by atoms with Gasteiger partial charge in [0.25, 0.3) is 0 Å². The van der Waals surface area contributed by atoms with Crippen molar-refractivity contribution in [3.63, 3.8) is 0 Å². The quantitative estimate of drug-likeness (QED) is 0.724. The van der Waals surface area contributed by atoms with E-state index in [0.717, 1.165) is 18.5 Å². The molecule has 1 aromatic rings. The Kier molecular flexibility index (Phi) is 6.78. The first kappa shape index (κ1) is 20.1. The summed E-state index contributed by atoms with van der Waals surface area (Å²) in [5.74, 6) is 0. The Balaban J connectivity index is 1.85. The minimum atomic E-state index is -0.462. The monoisotopic (exact) mass is 384 g/mol. The maximum absolute atomic E-state index is 12.1. The molecule has 0 saturated carbocycles. The van der Waals surface area contributed by atoms with E-state index < -0.39 is 5.60 Å². The molecule has 0 bridgehead atoms. The predicted octanol–water partition coefficient (Wildman–Crippen LogP) is 5.21. The lowest BCUT2D eigenvalue weighted by Crippen LogP contribution is -2.40. The maximum atomic E-state index is 12.1. The van der Waals surface area contributed by atoms with Crippen molar-refractivity contribution >= 4 is 29.3 Å². The lowest BCUT2D eigenvalue weighted by molar-refractivity contribution is 0.0265. The summed E-state index contributed by atoms with van der Waals surface area (Å²) < 4.78 is 5.41. The normalized spacial score (nSPS) is 16.4. The van der Waals surface area contributed by atoms with Crippen molar-refractivity contribution in [3.05, 3.63) is 45.5 Å². The van der Waals surface area contributed by atoms with Crippen LogP contribution >= 0.6 is 23.2 Å². The number of nitrogens with zero attached hydrogens (tertiary/aromatic N) is 1. The highest BCUT2D eigenvalue weighted by Crippen LogP contribution is 2.26. The van der Waals surface area contributed by atoms with Gasteiger partial charge in [-0.15, -0.1) is 0 Å². The van der Waals surface area contributed by atoms with Crippen LogP contribution in [0.15, 0.2) is 29.8 Å². The van der Waals surface area contributed by atoms with Crippen molar-refractivity contribution in [2.45, 2.75) is 45.8 Å². The summed E-state index contributed by atoms with van der Waals surface area (Å²) in [6, 6.07) is 5.67. The van der Waals surface area contributed by atoms with Gasteiger partial charge < -0.3 is 15.0 Å². The summed E-state index contributed by atoms with van der Waals surface area (Å²) in [7, 11) is 0. The number of rotatable bonds is 4. The molecule has 1 aliphatic heterocycles. The molecular weight excluding hydrogens is 359 g/mol. The summed E-state index contributed by atoms with van der Waals surface area (Å²) in [5, 5.41) is 4.79. The zero-order valence-corrected chi connectivity index (χ0v) is 16.7. The molecule has 0 aliphatic carbocycles. The van der Waals surface area contributed by atoms with E-state index in [0.29, 0.717) is 23.1 Å². The number of hydrogen-bond donors (Lipinski definition) is 1. The molecule has 25 heavy (non-hydrogen) atoms. The van der Waals surface area contributed by atoms with Crippen LogP contribution in [0, 0.1) is 0 Å². The fourth-order valence-electron chi connectivity index (χ4n) is 2.61. The second kappa shape index (κ2) is 8.43. The van der Waals surface area contributed by atoms with Crippen LogP contribution in [0.2, 0.25) is 10.0 Å². The Morgan fingerprint density at radius 2 is 2.08 bits per heavy atom. The van der Waals surface area contributed by atoms with Gasteiger partial charge in [0.05, 0.1) is 0 Å². The van der Waals surface area contributed by atoms with Crippen LogP contribution in [0.25, 0.3) is 0 Å². The zero-order valence-electron chi connectivity index (χ0n) is 15.2. The minimum Gasteiger partial charge on any atom is -0.444 e. The number of hydrogen-bond acceptors (Lipinski definition) is 3. The molecule has 0 spiro atoms. The molecule has 138 valence electrons. The fourth-order valence-corrected chi connectivity index (χ4v) is 3.18. The fraction of sp³-hybridized carbons (Fsp3) is 0.526. The van der Waals surface area contributed by atoms with Gasteiger partial charge in [-0.1, -0.05) is 40.9 Å². The first-order valence-corrected chi connectivity index (χ1v) is 9.25. The highest BCUT2D eigenvalue weighted by Gasteiger charge is 2.23. The predicted molar refractivity (Wildman–Crippen MR) is 103 cm³/mol. The Morgan fingerprint density at radius 1 is 1.36 bits per heavy atom. The molecule has 1 aromatic carbocycles. The van der Waals surface area contributed by atoms with Crippen molar-refractivity contribution in [1.29, 1.82) is 0 Å². The molecule has 1 unspecified atom stereocenters. The van der Waals surface area contributed by atoms with Crippen LogP contribution in [0.4, 0.5) is 4.79 Å². The molecule has 1 amide bonds. The van der Waals surface area contributed by atoms with E-state index in [4.69, 9.17) is 27.9 Å². The number of amides is 1. The summed E-state index contributed by atoms with van der Waals surface area (Å²) in [4.78, 5) is 13.8. The van der Waals surface area contributed by atoms with Gasteiger partial charge in [0.2, 0.25) is 0 Å². The Bertz CT molecular complexity index is 653. The van der Waals surface area contributed by atoms with E-state index in [1.165, 1.54) is 5.57 Å². The average molecular weight is 385 g/mol. The molecule has 1 heterocycles. The highest BCUT2D eigenvalue weighted by molar-refractivity contribution is 6.35. The molecule has 0 fully saturated rings. The van der Waals surface area contributed by atoms with Crippen molar-refractivity contribution < 1.29 is 9.53 Å². The van der Waals surface area contributed by atoms with E-state index in [2.05, 4.69) is 18.3 Å². The third kappa shape index (κ3) is 6.21.